The highest BCUT2D eigenvalue weighted by Crippen LogP contribution is 2.25. The van der Waals surface area contributed by atoms with Crippen LogP contribution >= 0.6 is 0 Å². The number of rotatable bonds is 4. The van der Waals surface area contributed by atoms with Crippen molar-refractivity contribution >= 4 is 16.8 Å². The number of pyridine rings is 2. The zero-order chi connectivity index (χ0) is 19.5. The van der Waals surface area contributed by atoms with E-state index in [1.807, 2.05) is 42.5 Å². The minimum Gasteiger partial charge on any atom is -0.349 e. The van der Waals surface area contributed by atoms with Crippen LogP contribution in [0, 0.1) is 0 Å². The predicted molar refractivity (Wildman–Crippen MR) is 112 cm³/mol. The summed E-state index contributed by atoms with van der Waals surface area (Å²) in [6.45, 7) is 6.51. The lowest BCUT2D eigenvalue weighted by atomic mass is 10.0. The highest BCUT2D eigenvalue weighted by atomic mass is 16.1. The van der Waals surface area contributed by atoms with Crippen molar-refractivity contribution in [2.45, 2.75) is 38.8 Å². The summed E-state index contributed by atoms with van der Waals surface area (Å²) in [4.78, 5) is 24.5. The lowest BCUT2D eigenvalue weighted by Crippen LogP contribution is -2.46. The molecule has 5 heteroatoms. The van der Waals surface area contributed by atoms with Crippen LogP contribution in [0.2, 0.25) is 0 Å². The molecule has 0 radical (unpaired) electrons. The SMILES string of the molecule is CC(C)N1CCC(NC(=O)c2cc(-c3cccnc3)nc3ccccc23)CC1. The minimum absolute atomic E-state index is 0.0215. The quantitative estimate of drug-likeness (QED) is 0.752. The molecule has 1 aliphatic rings. The number of carbonyl (C=O) groups excluding carboxylic acids is 1. The summed E-state index contributed by atoms with van der Waals surface area (Å²) < 4.78 is 0. The van der Waals surface area contributed by atoms with Crippen LogP contribution in [0.4, 0.5) is 0 Å². The molecule has 5 nitrogen and oxygen atoms in total. The monoisotopic (exact) mass is 374 g/mol. The van der Waals surface area contributed by atoms with Crippen LogP contribution < -0.4 is 5.32 Å². The third-order valence-corrected chi connectivity index (χ3v) is 5.51. The highest BCUT2D eigenvalue weighted by Gasteiger charge is 2.23. The van der Waals surface area contributed by atoms with Gasteiger partial charge in [0.2, 0.25) is 0 Å². The maximum Gasteiger partial charge on any atom is 0.252 e. The van der Waals surface area contributed by atoms with Crippen LogP contribution in [-0.2, 0) is 0 Å². The van der Waals surface area contributed by atoms with Crippen molar-refractivity contribution < 1.29 is 4.79 Å². The second-order valence-electron chi connectivity index (χ2n) is 7.69. The van der Waals surface area contributed by atoms with Crippen LogP contribution in [0.3, 0.4) is 0 Å². The maximum atomic E-state index is 13.2. The van der Waals surface area contributed by atoms with Crippen molar-refractivity contribution in [2.24, 2.45) is 0 Å². The molecule has 1 N–H and O–H groups in total. The van der Waals surface area contributed by atoms with E-state index in [0.29, 0.717) is 11.6 Å². The van der Waals surface area contributed by atoms with Gasteiger partial charge in [0.05, 0.1) is 16.8 Å². The fraction of sp³-hybridized carbons (Fsp3) is 0.348. The van der Waals surface area contributed by atoms with Crippen molar-refractivity contribution in [3.63, 3.8) is 0 Å². The Kier molecular flexibility index (Phi) is 5.35. The first-order valence-corrected chi connectivity index (χ1v) is 9.97. The number of benzene rings is 1. The number of para-hydroxylation sites is 1. The molecule has 0 unspecified atom stereocenters. The molecule has 1 amide bonds. The summed E-state index contributed by atoms with van der Waals surface area (Å²) in [5, 5.41) is 4.14. The third-order valence-electron chi connectivity index (χ3n) is 5.51. The van der Waals surface area contributed by atoms with Crippen LogP contribution in [0.25, 0.3) is 22.2 Å². The zero-order valence-electron chi connectivity index (χ0n) is 16.4. The number of nitrogens with one attached hydrogen (secondary N) is 1. The Morgan fingerprint density at radius 3 is 2.64 bits per heavy atom. The fourth-order valence-corrected chi connectivity index (χ4v) is 3.85. The summed E-state index contributed by atoms with van der Waals surface area (Å²) in [5.74, 6) is -0.0215. The van der Waals surface area contributed by atoms with Gasteiger partial charge in [0, 0.05) is 48.5 Å². The first-order chi connectivity index (χ1) is 13.6. The molecule has 1 aliphatic heterocycles. The number of likely N-dealkylation sites (tertiary alicyclic amines) is 1. The molecule has 0 spiro atoms. The van der Waals surface area contributed by atoms with Gasteiger partial charge >= 0.3 is 0 Å². The molecule has 0 saturated carbocycles. The molecule has 1 aromatic carbocycles. The first-order valence-electron chi connectivity index (χ1n) is 9.97. The molecule has 0 atom stereocenters. The number of piperidine rings is 1. The van der Waals surface area contributed by atoms with Gasteiger partial charge in [-0.2, -0.15) is 0 Å². The van der Waals surface area contributed by atoms with Crippen molar-refractivity contribution in [3.05, 3.63) is 60.4 Å². The van der Waals surface area contributed by atoms with Gasteiger partial charge in [-0.05, 0) is 51.0 Å². The molecule has 1 saturated heterocycles. The average molecular weight is 374 g/mol. The van der Waals surface area contributed by atoms with Gasteiger partial charge in [0.15, 0.2) is 0 Å². The summed E-state index contributed by atoms with van der Waals surface area (Å²) in [7, 11) is 0. The van der Waals surface area contributed by atoms with E-state index < -0.39 is 0 Å². The van der Waals surface area contributed by atoms with E-state index in [9.17, 15) is 4.79 Å². The van der Waals surface area contributed by atoms with Crippen molar-refractivity contribution in [3.8, 4) is 11.3 Å². The Morgan fingerprint density at radius 2 is 1.93 bits per heavy atom. The van der Waals surface area contributed by atoms with Gasteiger partial charge < -0.3 is 10.2 Å². The topological polar surface area (TPSA) is 58.1 Å². The number of nitrogens with zero attached hydrogens (tertiary/aromatic N) is 3. The van der Waals surface area contributed by atoms with Crippen LogP contribution in [0.1, 0.15) is 37.0 Å². The summed E-state index contributed by atoms with van der Waals surface area (Å²) in [5.41, 5.74) is 3.18. The molecule has 144 valence electrons. The normalized spacial score (nSPS) is 15.8. The number of hydrogen-bond acceptors (Lipinski definition) is 4. The Morgan fingerprint density at radius 1 is 1.14 bits per heavy atom. The van der Waals surface area contributed by atoms with Gasteiger partial charge in [0.1, 0.15) is 0 Å². The molecule has 4 rings (SSSR count). The van der Waals surface area contributed by atoms with E-state index in [-0.39, 0.29) is 11.9 Å². The number of fused-ring (bicyclic) bond motifs is 1. The van der Waals surface area contributed by atoms with E-state index in [4.69, 9.17) is 4.98 Å². The molecule has 0 aliphatic carbocycles. The van der Waals surface area contributed by atoms with E-state index >= 15 is 0 Å². The standard InChI is InChI=1S/C23H26N4O/c1-16(2)27-12-9-18(10-13-27)25-23(28)20-14-22(17-6-5-11-24-15-17)26-21-8-4-3-7-19(20)21/h3-8,11,14-16,18H,9-10,12-13H2,1-2H3,(H,25,28). The maximum absolute atomic E-state index is 13.2. The molecule has 1 fully saturated rings. The Labute approximate surface area is 165 Å². The van der Waals surface area contributed by atoms with E-state index in [1.165, 1.54) is 0 Å². The second-order valence-corrected chi connectivity index (χ2v) is 7.69. The van der Waals surface area contributed by atoms with E-state index in [1.54, 1.807) is 12.4 Å². The molecular formula is C23H26N4O. The van der Waals surface area contributed by atoms with Gasteiger partial charge in [-0.15, -0.1) is 0 Å². The van der Waals surface area contributed by atoms with Crippen LogP contribution in [0.5, 0.6) is 0 Å². The average Bonchev–Trinajstić information content (AvgIpc) is 2.74. The van der Waals surface area contributed by atoms with Crippen molar-refractivity contribution in [1.82, 2.24) is 20.2 Å². The fourth-order valence-electron chi connectivity index (χ4n) is 3.85. The predicted octanol–water partition coefficient (Wildman–Crippen LogP) is 3.90. The largest absolute Gasteiger partial charge is 0.349 e. The summed E-state index contributed by atoms with van der Waals surface area (Å²) in [6.07, 6.45) is 5.49. The van der Waals surface area contributed by atoms with Crippen molar-refractivity contribution in [2.75, 3.05) is 13.1 Å². The Balaban J connectivity index is 1.61. The summed E-state index contributed by atoms with van der Waals surface area (Å²) in [6, 6.07) is 14.3. The van der Waals surface area contributed by atoms with Gasteiger partial charge in [0.25, 0.3) is 5.91 Å². The number of hydrogen-bond donors (Lipinski definition) is 1. The van der Waals surface area contributed by atoms with Crippen LogP contribution in [0.15, 0.2) is 54.9 Å². The first kappa shape index (κ1) is 18.6. The summed E-state index contributed by atoms with van der Waals surface area (Å²) >= 11 is 0. The zero-order valence-corrected chi connectivity index (χ0v) is 16.4. The third kappa shape index (κ3) is 3.90. The molecule has 0 bridgehead atoms. The van der Waals surface area contributed by atoms with Gasteiger partial charge in [-0.25, -0.2) is 4.98 Å². The highest BCUT2D eigenvalue weighted by molar-refractivity contribution is 6.07. The van der Waals surface area contributed by atoms with Crippen molar-refractivity contribution in [1.29, 1.82) is 0 Å². The van der Waals surface area contributed by atoms with E-state index in [2.05, 4.69) is 29.0 Å². The Hall–Kier alpha value is -2.79. The smallest absolute Gasteiger partial charge is 0.252 e. The molecule has 28 heavy (non-hydrogen) atoms. The van der Waals surface area contributed by atoms with E-state index in [0.717, 1.165) is 48.1 Å². The molecule has 3 heterocycles. The van der Waals surface area contributed by atoms with Gasteiger partial charge in [-0.3, -0.25) is 9.78 Å². The van der Waals surface area contributed by atoms with Gasteiger partial charge in [-0.1, -0.05) is 18.2 Å². The number of carbonyl (C=O) groups is 1. The minimum atomic E-state index is -0.0215. The molecular weight excluding hydrogens is 348 g/mol. The lowest BCUT2D eigenvalue weighted by molar-refractivity contribution is 0.0902. The molecule has 2 aromatic heterocycles. The number of amides is 1. The second kappa shape index (κ2) is 8.07. The number of aromatic nitrogens is 2. The van der Waals surface area contributed by atoms with Crippen LogP contribution in [-0.4, -0.2) is 45.9 Å². The molecule has 3 aromatic rings. The lowest BCUT2D eigenvalue weighted by Gasteiger charge is -2.34. The Bertz CT molecular complexity index is 963.